The Balaban J connectivity index is 1.69. The molecule has 4 heterocycles. The lowest BCUT2D eigenvalue weighted by Gasteiger charge is -2.24. The summed E-state index contributed by atoms with van der Waals surface area (Å²) in [5, 5.41) is 3.09. The molecule has 0 radical (unpaired) electrons. The number of esters is 2. The maximum Gasteiger partial charge on any atom is 0.303 e. The molecule has 12 nitrogen and oxygen atoms in total. The van der Waals surface area contributed by atoms with E-state index in [1.54, 1.807) is 22.8 Å². The summed E-state index contributed by atoms with van der Waals surface area (Å²) in [6.45, 7) is 7.21. The van der Waals surface area contributed by atoms with Gasteiger partial charge in [0.15, 0.2) is 34.3 Å². The molecule has 0 bridgehead atoms. The Hall–Kier alpha value is -1.64. The third kappa shape index (κ3) is 6.25. The smallest absolute Gasteiger partial charge is 0.303 e. The summed E-state index contributed by atoms with van der Waals surface area (Å²) in [7, 11) is 0. The first kappa shape index (κ1) is 27.4. The van der Waals surface area contributed by atoms with E-state index in [2.05, 4.69) is 20.3 Å². The number of anilines is 1. The first-order chi connectivity index (χ1) is 17.1. The highest BCUT2D eigenvalue weighted by Crippen LogP contribution is 2.74. The summed E-state index contributed by atoms with van der Waals surface area (Å²) in [6, 6.07) is 0. The third-order valence-corrected chi connectivity index (χ3v) is 15.1. The van der Waals surface area contributed by atoms with Gasteiger partial charge in [0.2, 0.25) is 5.95 Å². The third-order valence-electron chi connectivity index (χ3n) is 5.25. The van der Waals surface area contributed by atoms with E-state index in [1.165, 1.54) is 24.7 Å². The van der Waals surface area contributed by atoms with Gasteiger partial charge in [-0.1, -0.05) is 36.6 Å². The van der Waals surface area contributed by atoms with Gasteiger partial charge in [0.1, 0.15) is 6.10 Å². The Labute approximate surface area is 220 Å². The van der Waals surface area contributed by atoms with E-state index >= 15 is 0 Å². The molecule has 198 valence electrons. The van der Waals surface area contributed by atoms with Gasteiger partial charge in [0.25, 0.3) is 5.56 Å². The van der Waals surface area contributed by atoms with Gasteiger partial charge in [-0.25, -0.2) is 4.98 Å². The Bertz CT molecular complexity index is 1230. The fourth-order valence-electron chi connectivity index (χ4n) is 3.79. The maximum absolute atomic E-state index is 12.7. The number of nitrogens with one attached hydrogen (secondary N) is 2. The van der Waals surface area contributed by atoms with E-state index in [9.17, 15) is 14.4 Å². The zero-order chi connectivity index (χ0) is 26.0. The van der Waals surface area contributed by atoms with E-state index in [-0.39, 0.29) is 23.7 Å². The highest BCUT2D eigenvalue weighted by Gasteiger charge is 2.51. The van der Waals surface area contributed by atoms with Crippen molar-refractivity contribution < 1.29 is 28.3 Å². The first-order valence-corrected chi connectivity index (χ1v) is 17.2. The number of hydrogen-bond donors (Lipinski definition) is 2. The minimum atomic E-state index is -2.13. The summed E-state index contributed by atoms with van der Waals surface area (Å²) in [5.74, 6) is 1.26. The van der Waals surface area contributed by atoms with Crippen LogP contribution < -0.4 is 10.9 Å². The summed E-state index contributed by atoms with van der Waals surface area (Å²) in [5.41, 5.74) is -0.116. The minimum Gasteiger partial charge on any atom is -0.456 e. The molecule has 2 aromatic rings. The number of aromatic nitrogens is 4. The van der Waals surface area contributed by atoms with Crippen LogP contribution in [0.5, 0.6) is 0 Å². The Morgan fingerprint density at radius 2 is 1.94 bits per heavy atom. The fourth-order valence-corrected chi connectivity index (χ4v) is 12.6. The number of ether oxygens (including phenoxy) is 3. The summed E-state index contributed by atoms with van der Waals surface area (Å²) in [4.78, 5) is 48.0. The molecular weight excluding hydrogens is 549 g/mol. The Morgan fingerprint density at radius 3 is 2.58 bits per heavy atom. The number of carbonyl (C=O) groups is 2. The number of nitrogens with zero attached hydrogens (tertiary/aromatic N) is 3. The first-order valence-electron chi connectivity index (χ1n) is 11.3. The number of aromatic amines is 1. The highest BCUT2D eigenvalue weighted by molar-refractivity contribution is 9.00. The second kappa shape index (κ2) is 11.4. The van der Waals surface area contributed by atoms with Gasteiger partial charge < -0.3 is 24.1 Å². The molecule has 0 aliphatic carbocycles. The summed E-state index contributed by atoms with van der Waals surface area (Å²) < 4.78 is 22.8. The molecule has 2 saturated heterocycles. The zero-order valence-electron chi connectivity index (χ0n) is 20.2. The van der Waals surface area contributed by atoms with Crippen molar-refractivity contribution in [2.45, 2.75) is 52.2 Å². The van der Waals surface area contributed by atoms with Crippen LogP contribution in [0, 0.1) is 5.92 Å². The topological polar surface area (TPSA) is 147 Å². The lowest BCUT2D eigenvalue weighted by Crippen LogP contribution is -2.40. The zero-order valence-corrected chi connectivity index (χ0v) is 23.5. The van der Waals surface area contributed by atoms with Crippen molar-refractivity contribution in [3.05, 3.63) is 16.7 Å². The number of rotatable bonds is 9. The Kier molecular flexibility index (Phi) is 8.67. The van der Waals surface area contributed by atoms with Crippen molar-refractivity contribution >= 4 is 68.3 Å². The van der Waals surface area contributed by atoms with E-state index in [1.807, 2.05) is 13.8 Å². The average molecular weight is 578 g/mol. The molecule has 0 unspecified atom stereocenters. The Morgan fingerprint density at radius 1 is 1.28 bits per heavy atom. The molecule has 4 atom stereocenters. The van der Waals surface area contributed by atoms with Gasteiger partial charge in [-0.05, 0) is 17.7 Å². The minimum absolute atomic E-state index is 0.0469. The number of hydrogen-bond acceptors (Lipinski definition) is 13. The summed E-state index contributed by atoms with van der Waals surface area (Å²) >= 11 is 8.89. The van der Waals surface area contributed by atoms with Gasteiger partial charge in [-0.2, -0.15) is 4.98 Å². The van der Waals surface area contributed by atoms with Crippen LogP contribution in [0.25, 0.3) is 11.2 Å². The number of carbonyl (C=O) groups excluding carboxylic acids is 2. The number of imidazole rings is 1. The fraction of sp³-hybridized carbons (Fsp3) is 0.650. The van der Waals surface area contributed by atoms with Crippen LogP contribution in [0.3, 0.4) is 0 Å². The lowest BCUT2D eigenvalue weighted by molar-refractivity contribution is -0.165. The molecule has 4 rings (SSSR count). The SMILES string of the molecule is CC(=O)O[C@@H]1[C@H](OC(C)=O)[C@@H](COP2(=S)SCCS2)O[C@H]1n1cnc2c(=O)[nH]c(NCC(C)C)nc21. The van der Waals surface area contributed by atoms with Crippen LogP contribution in [0.2, 0.25) is 0 Å². The van der Waals surface area contributed by atoms with Crippen molar-refractivity contribution in [2.24, 2.45) is 5.92 Å². The van der Waals surface area contributed by atoms with E-state index in [0.29, 0.717) is 12.5 Å². The van der Waals surface area contributed by atoms with E-state index in [4.69, 9.17) is 30.5 Å². The molecule has 0 aromatic carbocycles. The molecule has 2 aliphatic heterocycles. The molecule has 0 spiro atoms. The second-order valence-electron chi connectivity index (χ2n) is 8.64. The highest BCUT2D eigenvalue weighted by atomic mass is 33.2. The predicted octanol–water partition coefficient (Wildman–Crippen LogP) is 2.67. The van der Waals surface area contributed by atoms with Crippen LogP contribution in [0.15, 0.2) is 11.1 Å². The average Bonchev–Trinajstić information content (AvgIpc) is 3.49. The van der Waals surface area contributed by atoms with Gasteiger partial charge in [0.05, 0.1) is 12.9 Å². The lowest BCUT2D eigenvalue weighted by atomic mass is 10.1. The maximum atomic E-state index is 12.7. The largest absolute Gasteiger partial charge is 0.456 e. The molecule has 0 saturated carbocycles. The summed E-state index contributed by atoms with van der Waals surface area (Å²) in [6.07, 6.45) is -2.36. The molecule has 0 amide bonds. The van der Waals surface area contributed by atoms with Gasteiger partial charge in [-0.15, -0.1) is 0 Å². The number of H-pyrrole nitrogens is 1. The van der Waals surface area contributed by atoms with Gasteiger partial charge in [-0.3, -0.25) is 23.9 Å². The van der Waals surface area contributed by atoms with Crippen molar-refractivity contribution in [3.63, 3.8) is 0 Å². The standard InChI is InChI=1S/C20H28N5O7PS3/c1-10(2)7-21-20-23-17-14(18(28)24-20)22-9-25(17)19-16(31-12(4)27)15(30-11(3)26)13(32-19)8-29-33(34)35-5-6-36-33/h9-10,13,15-16,19H,5-8H2,1-4H3,(H2,21,23,24,28)/t13-,15-,16-,19-/m1/s1. The second-order valence-corrected chi connectivity index (χ2v) is 19.4. The van der Waals surface area contributed by atoms with Crippen molar-refractivity contribution in [3.8, 4) is 0 Å². The molecule has 16 heteroatoms. The van der Waals surface area contributed by atoms with Crippen LogP contribution in [0.4, 0.5) is 5.95 Å². The number of fused-ring (bicyclic) bond motifs is 1. The molecular formula is C20H28N5O7PS3. The van der Waals surface area contributed by atoms with Crippen LogP contribution in [-0.2, 0) is 40.1 Å². The molecule has 2 fully saturated rings. The van der Waals surface area contributed by atoms with Crippen LogP contribution in [-0.4, -0.2) is 74.4 Å². The van der Waals surface area contributed by atoms with Crippen LogP contribution in [0.1, 0.15) is 33.9 Å². The molecule has 2 aromatic heterocycles. The normalized spacial score (nSPS) is 25.4. The van der Waals surface area contributed by atoms with Crippen molar-refractivity contribution in [1.29, 1.82) is 0 Å². The van der Waals surface area contributed by atoms with Crippen molar-refractivity contribution in [1.82, 2.24) is 19.5 Å². The van der Waals surface area contributed by atoms with Gasteiger partial charge in [0, 0.05) is 31.9 Å². The van der Waals surface area contributed by atoms with Gasteiger partial charge >= 0.3 is 11.9 Å². The molecule has 36 heavy (non-hydrogen) atoms. The van der Waals surface area contributed by atoms with E-state index < -0.39 is 46.7 Å². The quantitative estimate of drug-likeness (QED) is 0.333. The molecule has 2 N–H and O–H groups in total. The molecule has 2 aliphatic rings. The van der Waals surface area contributed by atoms with Crippen molar-refractivity contribution in [2.75, 3.05) is 30.0 Å². The van der Waals surface area contributed by atoms with E-state index in [0.717, 1.165) is 11.5 Å². The monoisotopic (exact) mass is 577 g/mol. The van der Waals surface area contributed by atoms with Crippen LogP contribution >= 0.6 is 27.4 Å². The predicted molar refractivity (Wildman–Crippen MR) is 142 cm³/mol.